The minimum atomic E-state index is -0.0346. The second-order valence-corrected chi connectivity index (χ2v) is 3.69. The van der Waals surface area contributed by atoms with Gasteiger partial charge in [0.05, 0.1) is 0 Å². The van der Waals surface area contributed by atoms with Crippen molar-refractivity contribution in [3.8, 4) is 0 Å². The second kappa shape index (κ2) is 7.70. The Balaban J connectivity index is 0.00000225. The van der Waals surface area contributed by atoms with Crippen molar-refractivity contribution in [2.45, 2.75) is 32.7 Å². The molecule has 0 saturated heterocycles. The van der Waals surface area contributed by atoms with Crippen LogP contribution in [0.2, 0.25) is 0 Å². The van der Waals surface area contributed by atoms with Gasteiger partial charge < -0.3 is 16.0 Å². The molecule has 0 aliphatic heterocycles. The first kappa shape index (κ1) is 15.5. The maximum absolute atomic E-state index is 11.3. The fraction of sp³-hybridized carbons (Fsp3) is 0.800. The molecule has 0 heterocycles. The lowest BCUT2D eigenvalue weighted by atomic mass is 10.5. The van der Waals surface area contributed by atoms with E-state index in [1.807, 2.05) is 18.7 Å². The number of aliphatic imine (C=N–C) groups is 1. The number of halogens is 1. The zero-order valence-corrected chi connectivity index (χ0v) is 12.2. The predicted molar refractivity (Wildman–Crippen MR) is 76.0 cm³/mol. The third-order valence-electron chi connectivity index (χ3n) is 2.41. The molecule has 16 heavy (non-hydrogen) atoms. The van der Waals surface area contributed by atoms with Gasteiger partial charge in [0.1, 0.15) is 6.54 Å². The zero-order chi connectivity index (χ0) is 11.3. The molecule has 1 fully saturated rings. The maximum Gasteiger partial charge on any atom is 0.242 e. The SMILES string of the molecule is CCN(CC)C(N)=NCC(=O)NC1CC1.I. The fourth-order valence-electron chi connectivity index (χ4n) is 1.30. The third kappa shape index (κ3) is 5.53. The van der Waals surface area contributed by atoms with Crippen molar-refractivity contribution < 1.29 is 4.79 Å². The van der Waals surface area contributed by atoms with Crippen LogP contribution in [-0.2, 0) is 4.79 Å². The molecule has 6 heteroatoms. The Morgan fingerprint density at radius 2 is 2.00 bits per heavy atom. The Morgan fingerprint density at radius 1 is 1.44 bits per heavy atom. The molecule has 0 unspecified atom stereocenters. The molecule has 1 aliphatic carbocycles. The van der Waals surface area contributed by atoms with E-state index >= 15 is 0 Å². The highest BCUT2D eigenvalue weighted by atomic mass is 127. The lowest BCUT2D eigenvalue weighted by Gasteiger charge is -2.19. The van der Waals surface area contributed by atoms with Gasteiger partial charge in [-0.25, -0.2) is 4.99 Å². The number of guanidine groups is 1. The van der Waals surface area contributed by atoms with Gasteiger partial charge in [-0.3, -0.25) is 4.79 Å². The van der Waals surface area contributed by atoms with E-state index in [1.165, 1.54) is 0 Å². The lowest BCUT2D eigenvalue weighted by molar-refractivity contribution is -0.119. The van der Waals surface area contributed by atoms with Crippen LogP contribution in [0.4, 0.5) is 0 Å². The molecule has 0 spiro atoms. The number of rotatable bonds is 5. The van der Waals surface area contributed by atoms with E-state index in [1.54, 1.807) is 0 Å². The molecule has 0 aromatic rings. The van der Waals surface area contributed by atoms with Crippen LogP contribution >= 0.6 is 24.0 Å². The summed E-state index contributed by atoms with van der Waals surface area (Å²) in [5, 5.41) is 2.86. The summed E-state index contributed by atoms with van der Waals surface area (Å²) in [7, 11) is 0. The summed E-state index contributed by atoms with van der Waals surface area (Å²) in [5.41, 5.74) is 5.73. The van der Waals surface area contributed by atoms with Gasteiger partial charge in [-0.15, -0.1) is 24.0 Å². The molecule has 1 amide bonds. The molecule has 94 valence electrons. The van der Waals surface area contributed by atoms with Crippen LogP contribution in [-0.4, -0.2) is 42.4 Å². The third-order valence-corrected chi connectivity index (χ3v) is 2.41. The number of hydrogen-bond acceptors (Lipinski definition) is 2. The second-order valence-electron chi connectivity index (χ2n) is 3.69. The monoisotopic (exact) mass is 340 g/mol. The van der Waals surface area contributed by atoms with Gasteiger partial charge in [0, 0.05) is 19.1 Å². The van der Waals surface area contributed by atoms with Crippen LogP contribution in [0.1, 0.15) is 26.7 Å². The summed E-state index contributed by atoms with van der Waals surface area (Å²) < 4.78 is 0. The number of amides is 1. The molecule has 3 N–H and O–H groups in total. The summed E-state index contributed by atoms with van der Waals surface area (Å²) in [6, 6.07) is 0.391. The van der Waals surface area contributed by atoms with Gasteiger partial charge in [0.2, 0.25) is 5.91 Å². The molecule has 0 aromatic carbocycles. The first-order valence-electron chi connectivity index (χ1n) is 5.51. The van der Waals surface area contributed by atoms with Crippen molar-refractivity contribution in [1.82, 2.24) is 10.2 Å². The molecule has 5 nitrogen and oxygen atoms in total. The van der Waals surface area contributed by atoms with Gasteiger partial charge in [-0.05, 0) is 26.7 Å². The van der Waals surface area contributed by atoms with E-state index in [2.05, 4.69) is 10.3 Å². The minimum Gasteiger partial charge on any atom is -0.370 e. The average Bonchev–Trinajstić information content (AvgIpc) is 3.00. The molecule has 0 bridgehead atoms. The van der Waals surface area contributed by atoms with Gasteiger partial charge >= 0.3 is 0 Å². The number of nitrogens with one attached hydrogen (secondary N) is 1. The Labute approximate surface area is 114 Å². The van der Waals surface area contributed by atoms with Crippen molar-refractivity contribution in [1.29, 1.82) is 0 Å². The molecular formula is C10H21IN4O. The van der Waals surface area contributed by atoms with Crippen LogP contribution in [0, 0.1) is 0 Å². The summed E-state index contributed by atoms with van der Waals surface area (Å²) in [4.78, 5) is 17.3. The van der Waals surface area contributed by atoms with Crippen LogP contribution < -0.4 is 11.1 Å². The summed E-state index contributed by atoms with van der Waals surface area (Å²) >= 11 is 0. The molecule has 0 radical (unpaired) electrons. The Hall–Kier alpha value is -0.530. The first-order valence-corrected chi connectivity index (χ1v) is 5.51. The van der Waals surface area contributed by atoms with Crippen molar-refractivity contribution >= 4 is 35.8 Å². The highest BCUT2D eigenvalue weighted by Crippen LogP contribution is 2.18. The molecular weight excluding hydrogens is 319 g/mol. The van der Waals surface area contributed by atoms with E-state index in [0.717, 1.165) is 25.9 Å². The molecule has 1 rings (SSSR count). The van der Waals surface area contributed by atoms with E-state index in [0.29, 0.717) is 12.0 Å². The first-order chi connectivity index (χ1) is 7.17. The van der Waals surface area contributed by atoms with Gasteiger partial charge in [-0.1, -0.05) is 0 Å². The van der Waals surface area contributed by atoms with E-state index in [-0.39, 0.29) is 36.4 Å². The van der Waals surface area contributed by atoms with Crippen molar-refractivity contribution in [3.05, 3.63) is 0 Å². The summed E-state index contributed by atoms with van der Waals surface area (Å²) in [5.74, 6) is 0.415. The smallest absolute Gasteiger partial charge is 0.242 e. The molecule has 0 aromatic heterocycles. The fourth-order valence-corrected chi connectivity index (χ4v) is 1.30. The number of carbonyl (C=O) groups excluding carboxylic acids is 1. The van der Waals surface area contributed by atoms with Gasteiger partial charge in [-0.2, -0.15) is 0 Å². The van der Waals surface area contributed by atoms with Crippen LogP contribution in [0.5, 0.6) is 0 Å². The number of nitrogens with zero attached hydrogens (tertiary/aromatic N) is 2. The lowest BCUT2D eigenvalue weighted by Crippen LogP contribution is -2.38. The van der Waals surface area contributed by atoms with E-state index in [9.17, 15) is 4.79 Å². The minimum absolute atomic E-state index is 0. The summed E-state index contributed by atoms with van der Waals surface area (Å²) in [6.45, 7) is 5.79. The van der Waals surface area contributed by atoms with E-state index in [4.69, 9.17) is 5.73 Å². The topological polar surface area (TPSA) is 70.7 Å². The Kier molecular flexibility index (Phi) is 7.44. The zero-order valence-electron chi connectivity index (χ0n) is 9.90. The van der Waals surface area contributed by atoms with E-state index < -0.39 is 0 Å². The van der Waals surface area contributed by atoms with Crippen molar-refractivity contribution in [2.24, 2.45) is 10.7 Å². The standard InChI is InChI=1S/C10H20N4O.HI/c1-3-14(4-2)10(11)12-7-9(15)13-8-5-6-8;/h8H,3-7H2,1-2H3,(H2,11,12)(H,13,15);1H. The Bertz CT molecular complexity index is 249. The number of carbonyl (C=O) groups is 1. The normalized spacial score (nSPS) is 15.2. The van der Waals surface area contributed by atoms with Crippen LogP contribution in [0.25, 0.3) is 0 Å². The molecule has 0 atom stereocenters. The predicted octanol–water partition coefficient (Wildman–Crippen LogP) is 0.539. The maximum atomic E-state index is 11.3. The number of nitrogens with two attached hydrogens (primary N) is 1. The van der Waals surface area contributed by atoms with Crippen molar-refractivity contribution in [2.75, 3.05) is 19.6 Å². The van der Waals surface area contributed by atoms with Crippen LogP contribution in [0.15, 0.2) is 4.99 Å². The molecule has 1 aliphatic rings. The van der Waals surface area contributed by atoms with Crippen LogP contribution in [0.3, 0.4) is 0 Å². The molecule has 1 saturated carbocycles. The van der Waals surface area contributed by atoms with Gasteiger partial charge in [0.15, 0.2) is 5.96 Å². The van der Waals surface area contributed by atoms with Gasteiger partial charge in [0.25, 0.3) is 0 Å². The largest absolute Gasteiger partial charge is 0.370 e. The Morgan fingerprint density at radius 3 is 2.44 bits per heavy atom. The highest BCUT2D eigenvalue weighted by molar-refractivity contribution is 14.0. The number of hydrogen-bond donors (Lipinski definition) is 2. The quantitative estimate of drug-likeness (QED) is 0.436. The summed E-state index contributed by atoms with van der Waals surface area (Å²) in [6.07, 6.45) is 2.20. The average molecular weight is 340 g/mol. The highest BCUT2D eigenvalue weighted by Gasteiger charge is 2.22. The van der Waals surface area contributed by atoms with Crippen molar-refractivity contribution in [3.63, 3.8) is 0 Å².